The number of ether oxygens (including phenoxy) is 1. The molecule has 0 radical (unpaired) electrons. The number of fused-ring (bicyclic) bond motifs is 1. The highest BCUT2D eigenvalue weighted by molar-refractivity contribution is 9.10. The third-order valence-corrected chi connectivity index (χ3v) is 7.91. The average Bonchev–Trinajstić information content (AvgIpc) is 3.03. The summed E-state index contributed by atoms with van der Waals surface area (Å²) in [6.07, 6.45) is 0. The van der Waals surface area contributed by atoms with E-state index >= 15 is 0 Å². The Kier molecular flexibility index (Phi) is 6.45. The largest absolute Gasteiger partial charge is 0.487 e. The topological polar surface area (TPSA) is 134 Å². The number of primary amides is 1. The monoisotopic (exact) mass is 550 g/mol. The number of carbonyl (C=O) groups excluding carboxylic acids is 1. The van der Waals surface area contributed by atoms with Crippen LogP contribution in [0, 0.1) is 11.3 Å². The lowest BCUT2D eigenvalue weighted by atomic mass is 10.1. The molecule has 162 valence electrons. The van der Waals surface area contributed by atoms with Gasteiger partial charge in [0.1, 0.15) is 17.2 Å². The van der Waals surface area contributed by atoms with Gasteiger partial charge < -0.3 is 20.3 Å². The van der Waals surface area contributed by atoms with Gasteiger partial charge in [0.05, 0.1) is 16.3 Å². The minimum atomic E-state index is -5.83. The standard InChI is InChI=1S/C18H11BrClF2N2O5PS/c19-14-12-4-9(17(24)25)5-13(15(12)31-16(14)18(21,22)30(26,27)28)29-7-8-1-2-11(20)3-10(8)6-23/h1-5H,7H2,(H2,24,25)(H2,26,27,28). The van der Waals surface area contributed by atoms with Crippen LogP contribution in [0.25, 0.3) is 10.1 Å². The average molecular weight is 552 g/mol. The van der Waals surface area contributed by atoms with Gasteiger partial charge in [-0.05, 0) is 40.2 Å². The maximum absolute atomic E-state index is 14.4. The highest BCUT2D eigenvalue weighted by Gasteiger charge is 2.53. The second kappa shape index (κ2) is 8.47. The SMILES string of the molecule is N#Cc1cc(Cl)ccc1COc1cc(C(N)=O)cc2c(Br)c(C(F)(F)P(=O)(O)O)sc12. The molecule has 1 amide bonds. The van der Waals surface area contributed by atoms with E-state index in [1.165, 1.54) is 24.3 Å². The van der Waals surface area contributed by atoms with E-state index in [1.807, 2.05) is 6.07 Å². The fourth-order valence-electron chi connectivity index (χ4n) is 2.65. The summed E-state index contributed by atoms with van der Waals surface area (Å²) in [5.41, 5.74) is 1.46. The molecular formula is C18H11BrClF2N2O5PS. The molecule has 0 saturated carbocycles. The summed E-state index contributed by atoms with van der Waals surface area (Å²) in [5.74, 6) is -0.888. The van der Waals surface area contributed by atoms with E-state index in [2.05, 4.69) is 15.9 Å². The molecule has 7 nitrogen and oxygen atoms in total. The first kappa shape index (κ1) is 23.6. The lowest BCUT2D eigenvalue weighted by Gasteiger charge is -2.16. The van der Waals surface area contributed by atoms with Crippen LogP contribution in [0.15, 0.2) is 34.8 Å². The van der Waals surface area contributed by atoms with E-state index in [1.54, 1.807) is 6.07 Å². The fraction of sp³-hybridized carbons (Fsp3) is 0.111. The van der Waals surface area contributed by atoms with Crippen molar-refractivity contribution < 1.29 is 32.7 Å². The van der Waals surface area contributed by atoms with Crippen LogP contribution < -0.4 is 10.5 Å². The quantitative estimate of drug-likeness (QED) is 0.365. The number of nitrogens with two attached hydrogens (primary N) is 1. The minimum absolute atomic E-state index is 0.0244. The zero-order valence-electron chi connectivity index (χ0n) is 15.1. The number of benzene rings is 2. The molecule has 0 atom stereocenters. The molecule has 0 saturated heterocycles. The molecule has 0 aliphatic carbocycles. The second-order valence-corrected chi connectivity index (χ2v) is 10.1. The van der Waals surface area contributed by atoms with Crippen LogP contribution in [0.1, 0.15) is 26.4 Å². The number of carbonyl (C=O) groups is 1. The summed E-state index contributed by atoms with van der Waals surface area (Å²) >= 11 is 9.21. The predicted octanol–water partition coefficient (Wildman–Crippen LogP) is 5.09. The molecule has 4 N–H and O–H groups in total. The molecule has 31 heavy (non-hydrogen) atoms. The van der Waals surface area contributed by atoms with Gasteiger partial charge >= 0.3 is 13.3 Å². The van der Waals surface area contributed by atoms with Gasteiger partial charge in [-0.3, -0.25) is 9.36 Å². The van der Waals surface area contributed by atoms with Crippen molar-refractivity contribution in [2.24, 2.45) is 5.73 Å². The number of amides is 1. The Bertz CT molecular complexity index is 1300. The Morgan fingerprint density at radius 2 is 2.03 bits per heavy atom. The van der Waals surface area contributed by atoms with Crippen LogP contribution in [0.4, 0.5) is 8.78 Å². The molecule has 1 heterocycles. The van der Waals surface area contributed by atoms with Crippen LogP contribution in [0.5, 0.6) is 5.75 Å². The van der Waals surface area contributed by atoms with Crippen molar-refractivity contribution in [3.05, 3.63) is 61.4 Å². The highest BCUT2D eigenvalue weighted by Crippen LogP contribution is 2.63. The van der Waals surface area contributed by atoms with Crippen LogP contribution >= 0.6 is 46.5 Å². The first-order valence-corrected chi connectivity index (χ1v) is 11.8. The summed E-state index contributed by atoms with van der Waals surface area (Å²) in [6, 6.07) is 8.92. The smallest absolute Gasteiger partial charge is 0.400 e. The fourth-order valence-corrected chi connectivity index (χ4v) is 5.80. The lowest BCUT2D eigenvalue weighted by Crippen LogP contribution is -2.12. The molecule has 3 aromatic rings. The van der Waals surface area contributed by atoms with E-state index in [4.69, 9.17) is 31.9 Å². The van der Waals surface area contributed by atoms with Crippen LogP contribution in [-0.2, 0) is 16.8 Å². The summed E-state index contributed by atoms with van der Waals surface area (Å²) in [6.45, 7) is -0.170. The molecule has 0 unspecified atom stereocenters. The third-order valence-electron chi connectivity index (χ3n) is 4.19. The van der Waals surface area contributed by atoms with E-state index in [-0.39, 0.29) is 38.0 Å². The summed E-state index contributed by atoms with van der Waals surface area (Å²) in [7, 11) is -5.83. The Balaban J connectivity index is 2.15. The van der Waals surface area contributed by atoms with Gasteiger partial charge in [-0.2, -0.15) is 14.0 Å². The number of halogens is 4. The van der Waals surface area contributed by atoms with E-state index < -0.39 is 24.0 Å². The normalized spacial score (nSPS) is 12.0. The summed E-state index contributed by atoms with van der Waals surface area (Å²) in [4.78, 5) is 29.0. The summed E-state index contributed by atoms with van der Waals surface area (Å²) in [5, 5.41) is 9.65. The molecule has 0 spiro atoms. The zero-order valence-corrected chi connectivity index (χ0v) is 19.2. The van der Waals surface area contributed by atoms with Crippen LogP contribution in [0.3, 0.4) is 0 Å². The second-order valence-electron chi connectivity index (χ2n) is 6.25. The molecule has 13 heteroatoms. The number of alkyl halides is 2. The number of nitriles is 1. The van der Waals surface area contributed by atoms with Gasteiger partial charge in [-0.1, -0.05) is 17.7 Å². The van der Waals surface area contributed by atoms with Gasteiger partial charge in [-0.15, -0.1) is 11.3 Å². The highest BCUT2D eigenvalue weighted by atomic mass is 79.9. The molecule has 2 aromatic carbocycles. The Morgan fingerprint density at radius 3 is 2.61 bits per heavy atom. The summed E-state index contributed by atoms with van der Waals surface area (Å²) < 4.78 is 45.6. The third kappa shape index (κ3) is 4.46. The zero-order chi connectivity index (χ0) is 23.1. The molecular weight excluding hydrogens is 541 g/mol. The number of hydrogen-bond acceptors (Lipinski definition) is 5. The molecule has 0 bridgehead atoms. The molecule has 3 rings (SSSR count). The van der Waals surface area contributed by atoms with Crippen LogP contribution in [0.2, 0.25) is 5.02 Å². The van der Waals surface area contributed by atoms with Crippen molar-refractivity contribution in [3.63, 3.8) is 0 Å². The van der Waals surface area contributed by atoms with Gasteiger partial charge in [0.15, 0.2) is 0 Å². The first-order valence-electron chi connectivity index (χ1n) is 8.18. The molecule has 0 aliphatic rings. The number of rotatable bonds is 6. The Hall–Kier alpha value is -2.06. The lowest BCUT2D eigenvalue weighted by molar-refractivity contribution is 0.0595. The van der Waals surface area contributed by atoms with Crippen LogP contribution in [-0.4, -0.2) is 15.7 Å². The maximum atomic E-state index is 14.4. The van der Waals surface area contributed by atoms with Gasteiger partial charge in [0.25, 0.3) is 0 Å². The van der Waals surface area contributed by atoms with E-state index in [0.29, 0.717) is 21.9 Å². The van der Waals surface area contributed by atoms with Gasteiger partial charge in [0, 0.05) is 26.0 Å². The maximum Gasteiger partial charge on any atom is 0.400 e. The minimum Gasteiger partial charge on any atom is -0.487 e. The molecule has 0 fully saturated rings. The molecule has 1 aromatic heterocycles. The number of thiophene rings is 1. The predicted molar refractivity (Wildman–Crippen MR) is 114 cm³/mol. The van der Waals surface area contributed by atoms with Crippen molar-refractivity contribution in [1.82, 2.24) is 0 Å². The van der Waals surface area contributed by atoms with E-state index in [0.717, 1.165) is 0 Å². The Morgan fingerprint density at radius 1 is 1.35 bits per heavy atom. The first-order chi connectivity index (χ1) is 14.4. The number of hydrogen-bond donors (Lipinski definition) is 3. The number of nitrogens with zero attached hydrogens (tertiary/aromatic N) is 1. The van der Waals surface area contributed by atoms with Crippen molar-refractivity contribution >= 4 is 62.5 Å². The van der Waals surface area contributed by atoms with Crippen molar-refractivity contribution in [2.75, 3.05) is 0 Å². The van der Waals surface area contributed by atoms with Gasteiger partial charge in [0.2, 0.25) is 5.91 Å². The van der Waals surface area contributed by atoms with Crippen molar-refractivity contribution in [1.29, 1.82) is 5.26 Å². The van der Waals surface area contributed by atoms with Gasteiger partial charge in [-0.25, -0.2) is 0 Å². The van der Waals surface area contributed by atoms with Crippen molar-refractivity contribution in [3.8, 4) is 11.8 Å². The Labute approximate surface area is 191 Å². The van der Waals surface area contributed by atoms with Crippen molar-refractivity contribution in [2.45, 2.75) is 12.3 Å². The molecule has 0 aliphatic heterocycles. The van der Waals surface area contributed by atoms with E-state index in [9.17, 15) is 23.4 Å².